The summed E-state index contributed by atoms with van der Waals surface area (Å²) in [6.07, 6.45) is 7.84. The standard InChI is InChI=1S/C20H27N5OS/c1-15-2-3-17(14-22-15)16-4-9-24(10-5-16)19(26)23-18-6-11-25(12-7-18)20-21-8-13-27-20/h2-3,8,13-14,16,18H,4-7,9-12H2,1H3,(H,23,26). The van der Waals surface area contributed by atoms with Crippen LogP contribution in [-0.4, -0.2) is 53.1 Å². The zero-order valence-corrected chi connectivity index (χ0v) is 16.6. The number of urea groups is 1. The van der Waals surface area contributed by atoms with Gasteiger partial charge in [-0.2, -0.15) is 0 Å². The van der Waals surface area contributed by atoms with Gasteiger partial charge in [-0.3, -0.25) is 4.98 Å². The number of anilines is 1. The number of nitrogens with zero attached hydrogens (tertiary/aromatic N) is 4. The summed E-state index contributed by atoms with van der Waals surface area (Å²) in [4.78, 5) is 25.7. The van der Waals surface area contributed by atoms with Gasteiger partial charge >= 0.3 is 6.03 Å². The third-order valence-electron chi connectivity index (χ3n) is 5.70. The number of rotatable bonds is 3. The summed E-state index contributed by atoms with van der Waals surface area (Å²) in [6, 6.07) is 4.63. The van der Waals surface area contributed by atoms with Gasteiger partial charge in [0.2, 0.25) is 0 Å². The Balaban J connectivity index is 1.22. The number of carbonyl (C=O) groups is 1. The van der Waals surface area contributed by atoms with E-state index in [2.05, 4.69) is 32.3 Å². The van der Waals surface area contributed by atoms with E-state index in [0.717, 1.165) is 62.7 Å². The second kappa shape index (κ2) is 8.25. The second-order valence-electron chi connectivity index (χ2n) is 7.52. The number of piperidine rings is 2. The van der Waals surface area contributed by atoms with Crippen molar-refractivity contribution in [1.29, 1.82) is 0 Å². The van der Waals surface area contributed by atoms with Gasteiger partial charge < -0.3 is 15.1 Å². The maximum absolute atomic E-state index is 12.6. The molecule has 4 heterocycles. The normalized spacial score (nSPS) is 19.3. The van der Waals surface area contributed by atoms with Crippen LogP contribution in [0.25, 0.3) is 0 Å². The van der Waals surface area contributed by atoms with Crippen LogP contribution in [0.4, 0.5) is 9.93 Å². The van der Waals surface area contributed by atoms with Crippen molar-refractivity contribution >= 4 is 22.5 Å². The van der Waals surface area contributed by atoms with Gasteiger partial charge in [-0.1, -0.05) is 6.07 Å². The number of nitrogens with one attached hydrogen (secondary N) is 1. The topological polar surface area (TPSA) is 61.4 Å². The van der Waals surface area contributed by atoms with Crippen molar-refractivity contribution in [2.75, 3.05) is 31.1 Å². The highest BCUT2D eigenvalue weighted by Crippen LogP contribution is 2.28. The summed E-state index contributed by atoms with van der Waals surface area (Å²) in [5, 5.41) is 6.35. The Morgan fingerprint density at radius 2 is 1.89 bits per heavy atom. The largest absolute Gasteiger partial charge is 0.348 e. The first-order valence-electron chi connectivity index (χ1n) is 9.81. The highest BCUT2D eigenvalue weighted by atomic mass is 32.1. The van der Waals surface area contributed by atoms with Crippen LogP contribution in [0.15, 0.2) is 29.9 Å². The Labute approximate surface area is 164 Å². The first-order valence-corrected chi connectivity index (χ1v) is 10.7. The minimum Gasteiger partial charge on any atom is -0.348 e. The Morgan fingerprint density at radius 1 is 1.11 bits per heavy atom. The number of pyridine rings is 1. The van der Waals surface area contributed by atoms with Crippen LogP contribution in [0.3, 0.4) is 0 Å². The maximum atomic E-state index is 12.6. The molecule has 144 valence electrons. The van der Waals surface area contributed by atoms with E-state index < -0.39 is 0 Å². The Kier molecular flexibility index (Phi) is 5.57. The van der Waals surface area contributed by atoms with Crippen LogP contribution < -0.4 is 10.2 Å². The SMILES string of the molecule is Cc1ccc(C2CCN(C(=O)NC3CCN(c4nccs4)CC3)CC2)cn1. The summed E-state index contributed by atoms with van der Waals surface area (Å²) in [5.41, 5.74) is 2.35. The molecule has 6 nitrogen and oxygen atoms in total. The van der Waals surface area contributed by atoms with E-state index in [1.54, 1.807) is 11.3 Å². The summed E-state index contributed by atoms with van der Waals surface area (Å²) in [5.74, 6) is 0.517. The van der Waals surface area contributed by atoms with Gasteiger partial charge in [-0.25, -0.2) is 9.78 Å². The van der Waals surface area contributed by atoms with Gasteiger partial charge in [0.25, 0.3) is 0 Å². The van der Waals surface area contributed by atoms with Crippen molar-refractivity contribution in [3.05, 3.63) is 41.2 Å². The van der Waals surface area contributed by atoms with Crippen LogP contribution in [0, 0.1) is 6.92 Å². The molecule has 2 fully saturated rings. The monoisotopic (exact) mass is 385 g/mol. The highest BCUT2D eigenvalue weighted by Gasteiger charge is 2.27. The molecule has 2 aliphatic heterocycles. The molecule has 0 bridgehead atoms. The fraction of sp³-hybridized carbons (Fsp3) is 0.550. The summed E-state index contributed by atoms with van der Waals surface area (Å²) in [6.45, 7) is 5.57. The molecule has 2 amide bonds. The van der Waals surface area contributed by atoms with Crippen molar-refractivity contribution < 1.29 is 4.79 Å². The van der Waals surface area contributed by atoms with E-state index in [4.69, 9.17) is 0 Å². The molecule has 1 N–H and O–H groups in total. The number of aryl methyl sites for hydroxylation is 1. The quantitative estimate of drug-likeness (QED) is 0.880. The number of hydrogen-bond donors (Lipinski definition) is 1. The van der Waals surface area contributed by atoms with Crippen molar-refractivity contribution in [2.45, 2.75) is 44.6 Å². The van der Waals surface area contributed by atoms with Crippen molar-refractivity contribution in [2.24, 2.45) is 0 Å². The molecule has 27 heavy (non-hydrogen) atoms. The van der Waals surface area contributed by atoms with E-state index in [1.165, 1.54) is 5.56 Å². The van der Waals surface area contributed by atoms with Crippen molar-refractivity contribution in [1.82, 2.24) is 20.2 Å². The smallest absolute Gasteiger partial charge is 0.317 e. The fourth-order valence-corrected chi connectivity index (χ4v) is 4.69. The first-order chi connectivity index (χ1) is 13.2. The third kappa shape index (κ3) is 4.40. The van der Waals surface area contributed by atoms with Crippen molar-refractivity contribution in [3.63, 3.8) is 0 Å². The van der Waals surface area contributed by atoms with E-state index >= 15 is 0 Å². The average molecular weight is 386 g/mol. The Bertz CT molecular complexity index is 732. The van der Waals surface area contributed by atoms with Crippen LogP contribution in [-0.2, 0) is 0 Å². The molecule has 2 saturated heterocycles. The predicted octanol–water partition coefficient (Wildman–Crippen LogP) is 3.40. The highest BCUT2D eigenvalue weighted by molar-refractivity contribution is 7.13. The predicted molar refractivity (Wildman–Crippen MR) is 108 cm³/mol. The minimum atomic E-state index is 0.100. The number of hydrogen-bond acceptors (Lipinski definition) is 5. The number of amides is 2. The minimum absolute atomic E-state index is 0.100. The summed E-state index contributed by atoms with van der Waals surface area (Å²) in [7, 11) is 0. The van der Waals surface area contributed by atoms with Crippen LogP contribution in [0.5, 0.6) is 0 Å². The number of aromatic nitrogens is 2. The molecule has 0 aromatic carbocycles. The van der Waals surface area contributed by atoms with Crippen LogP contribution >= 0.6 is 11.3 Å². The van der Waals surface area contributed by atoms with E-state index in [-0.39, 0.29) is 12.1 Å². The fourth-order valence-electron chi connectivity index (χ4n) is 3.99. The van der Waals surface area contributed by atoms with Gasteiger partial charge in [0.1, 0.15) is 0 Å². The van der Waals surface area contributed by atoms with Gasteiger partial charge in [0, 0.05) is 55.7 Å². The molecular formula is C20H27N5OS. The van der Waals surface area contributed by atoms with Gasteiger partial charge in [-0.05, 0) is 50.2 Å². The van der Waals surface area contributed by atoms with Gasteiger partial charge in [0.15, 0.2) is 5.13 Å². The molecule has 0 radical (unpaired) electrons. The molecule has 0 saturated carbocycles. The van der Waals surface area contributed by atoms with Crippen LogP contribution in [0.2, 0.25) is 0 Å². The molecule has 2 aromatic rings. The molecule has 0 unspecified atom stereocenters. The summed E-state index contributed by atoms with van der Waals surface area (Å²) < 4.78 is 0. The molecule has 2 aliphatic rings. The average Bonchev–Trinajstić information content (AvgIpc) is 3.24. The lowest BCUT2D eigenvalue weighted by Crippen LogP contribution is -2.50. The lowest BCUT2D eigenvalue weighted by molar-refractivity contribution is 0.175. The molecule has 2 aromatic heterocycles. The van der Waals surface area contributed by atoms with Gasteiger partial charge in [0.05, 0.1) is 0 Å². The van der Waals surface area contributed by atoms with E-state index in [9.17, 15) is 4.79 Å². The second-order valence-corrected chi connectivity index (χ2v) is 8.39. The molecule has 0 spiro atoms. The number of likely N-dealkylation sites (tertiary alicyclic amines) is 1. The summed E-state index contributed by atoms with van der Waals surface area (Å²) >= 11 is 1.68. The molecular weight excluding hydrogens is 358 g/mol. The molecule has 0 aliphatic carbocycles. The zero-order chi connectivity index (χ0) is 18.6. The lowest BCUT2D eigenvalue weighted by Gasteiger charge is -2.36. The Morgan fingerprint density at radius 3 is 2.52 bits per heavy atom. The number of carbonyl (C=O) groups excluding carboxylic acids is 1. The van der Waals surface area contributed by atoms with Crippen LogP contribution in [0.1, 0.15) is 42.9 Å². The van der Waals surface area contributed by atoms with Gasteiger partial charge in [-0.15, -0.1) is 11.3 Å². The van der Waals surface area contributed by atoms with E-state index in [0.29, 0.717) is 5.92 Å². The van der Waals surface area contributed by atoms with E-state index in [1.807, 2.05) is 29.6 Å². The molecule has 0 atom stereocenters. The zero-order valence-electron chi connectivity index (χ0n) is 15.8. The maximum Gasteiger partial charge on any atom is 0.317 e. The first kappa shape index (κ1) is 18.2. The lowest BCUT2D eigenvalue weighted by atomic mass is 9.90. The third-order valence-corrected chi connectivity index (χ3v) is 6.53. The van der Waals surface area contributed by atoms with Crippen molar-refractivity contribution in [3.8, 4) is 0 Å². The molecule has 7 heteroatoms. The number of thiazole rings is 1. The molecule has 4 rings (SSSR count). The Hall–Kier alpha value is -2.15.